The molecule has 0 radical (unpaired) electrons. The van der Waals surface area contributed by atoms with Crippen molar-refractivity contribution < 1.29 is 47.7 Å². The van der Waals surface area contributed by atoms with Gasteiger partial charge in [0.05, 0.1) is 34.4 Å². The number of rotatable bonds is 7. The SMILES string of the molecule is COC(=O)C(C)Br.COC(=O)C(C)C(C(C)=O)C(=O)OC.COC(=O)CC(C)=O. The molecule has 0 aromatic rings. The van der Waals surface area contributed by atoms with Crippen LogP contribution in [0.4, 0.5) is 0 Å². The Kier molecular flexibility index (Phi) is 19.2. The minimum Gasteiger partial charge on any atom is -0.469 e. The summed E-state index contributed by atoms with van der Waals surface area (Å²) in [5.41, 5.74) is 0. The van der Waals surface area contributed by atoms with E-state index in [4.69, 9.17) is 0 Å². The molecule has 0 bridgehead atoms. The summed E-state index contributed by atoms with van der Waals surface area (Å²) in [5.74, 6) is -4.49. The Morgan fingerprint density at radius 3 is 1.31 bits per heavy atom. The maximum atomic E-state index is 11.2. The molecule has 3 atom stereocenters. The summed E-state index contributed by atoms with van der Waals surface area (Å²) in [7, 11) is 4.99. The van der Waals surface area contributed by atoms with Crippen molar-refractivity contribution in [3.63, 3.8) is 0 Å². The van der Waals surface area contributed by atoms with Crippen molar-refractivity contribution in [1.29, 1.82) is 0 Å². The van der Waals surface area contributed by atoms with Gasteiger partial charge in [-0.2, -0.15) is 0 Å². The highest BCUT2D eigenvalue weighted by Gasteiger charge is 2.35. The summed E-state index contributed by atoms with van der Waals surface area (Å²) in [6.45, 7) is 5.75. The van der Waals surface area contributed by atoms with E-state index < -0.39 is 35.5 Å². The molecule has 3 unspecified atom stereocenters. The van der Waals surface area contributed by atoms with E-state index in [1.165, 1.54) is 49.2 Å². The lowest BCUT2D eigenvalue weighted by Gasteiger charge is -2.16. The number of esters is 4. The first-order valence-electron chi connectivity index (χ1n) is 8.24. The third kappa shape index (κ3) is 16.4. The van der Waals surface area contributed by atoms with Crippen molar-refractivity contribution in [3.05, 3.63) is 0 Å². The van der Waals surface area contributed by atoms with Crippen LogP contribution in [-0.4, -0.2) is 68.7 Å². The Hall–Kier alpha value is -2.30. The molecule has 0 saturated heterocycles. The Bertz CT molecular complexity index is 571. The highest BCUT2D eigenvalue weighted by atomic mass is 79.9. The summed E-state index contributed by atoms with van der Waals surface area (Å²) >= 11 is 3.03. The van der Waals surface area contributed by atoms with Gasteiger partial charge in [-0.3, -0.25) is 28.8 Å². The van der Waals surface area contributed by atoms with Crippen molar-refractivity contribution in [1.82, 2.24) is 0 Å². The first-order chi connectivity index (χ1) is 13.3. The van der Waals surface area contributed by atoms with Gasteiger partial charge >= 0.3 is 23.9 Å². The molecule has 0 amide bonds. The van der Waals surface area contributed by atoms with Crippen molar-refractivity contribution in [2.24, 2.45) is 11.8 Å². The molecule has 168 valence electrons. The number of alkyl halides is 1. The van der Waals surface area contributed by atoms with Gasteiger partial charge in [-0.05, 0) is 20.8 Å². The predicted molar refractivity (Wildman–Crippen MR) is 105 cm³/mol. The molecule has 0 aromatic carbocycles. The minimum atomic E-state index is -1.08. The van der Waals surface area contributed by atoms with Gasteiger partial charge in [-0.15, -0.1) is 0 Å². The van der Waals surface area contributed by atoms with Crippen LogP contribution >= 0.6 is 15.9 Å². The van der Waals surface area contributed by atoms with Crippen LogP contribution in [0, 0.1) is 11.8 Å². The van der Waals surface area contributed by atoms with Gasteiger partial charge in [0, 0.05) is 0 Å². The molecule has 0 saturated carbocycles. The fraction of sp³-hybridized carbons (Fsp3) is 0.667. The number of halogens is 1. The summed E-state index contributed by atoms with van der Waals surface area (Å²) in [5, 5.41) is 0. The van der Waals surface area contributed by atoms with Gasteiger partial charge in [-0.25, -0.2) is 0 Å². The number of methoxy groups -OCH3 is 4. The largest absolute Gasteiger partial charge is 0.469 e. The van der Waals surface area contributed by atoms with Gasteiger partial charge < -0.3 is 18.9 Å². The summed E-state index contributed by atoms with van der Waals surface area (Å²) < 4.78 is 17.4. The zero-order valence-electron chi connectivity index (χ0n) is 17.9. The van der Waals surface area contributed by atoms with Crippen LogP contribution in [0.15, 0.2) is 0 Å². The van der Waals surface area contributed by atoms with E-state index in [1.54, 1.807) is 6.92 Å². The van der Waals surface area contributed by atoms with Gasteiger partial charge in [0.25, 0.3) is 0 Å². The average molecular weight is 485 g/mol. The second-order valence-electron chi connectivity index (χ2n) is 5.52. The molecule has 0 rings (SSSR count). The zero-order chi connectivity index (χ0) is 23.7. The Labute approximate surface area is 178 Å². The number of hydrogen-bond acceptors (Lipinski definition) is 10. The Morgan fingerprint density at radius 1 is 0.724 bits per heavy atom. The molecule has 0 heterocycles. The molecule has 0 aliphatic heterocycles. The van der Waals surface area contributed by atoms with Crippen molar-refractivity contribution in [3.8, 4) is 0 Å². The minimum absolute atomic E-state index is 0.115. The average Bonchev–Trinajstić information content (AvgIpc) is 2.66. The zero-order valence-corrected chi connectivity index (χ0v) is 19.5. The number of ketones is 2. The summed E-state index contributed by atoms with van der Waals surface area (Å²) in [6, 6.07) is 0. The van der Waals surface area contributed by atoms with Crippen LogP contribution in [0.25, 0.3) is 0 Å². The Balaban J connectivity index is -0.000000383. The van der Waals surface area contributed by atoms with Crippen LogP contribution < -0.4 is 0 Å². The third-order valence-corrected chi connectivity index (χ3v) is 3.49. The lowest BCUT2D eigenvalue weighted by Crippen LogP contribution is -2.34. The molecule has 0 aromatic heterocycles. The highest BCUT2D eigenvalue weighted by molar-refractivity contribution is 9.10. The lowest BCUT2D eigenvalue weighted by atomic mass is 9.91. The Morgan fingerprint density at radius 2 is 1.14 bits per heavy atom. The van der Waals surface area contributed by atoms with E-state index in [2.05, 4.69) is 34.9 Å². The number of carbonyl (C=O) groups is 6. The molecule has 0 spiro atoms. The van der Waals surface area contributed by atoms with Gasteiger partial charge in [0.15, 0.2) is 0 Å². The van der Waals surface area contributed by atoms with Gasteiger partial charge in [0.2, 0.25) is 0 Å². The van der Waals surface area contributed by atoms with Crippen LogP contribution in [-0.2, 0) is 47.7 Å². The maximum Gasteiger partial charge on any atom is 0.319 e. The van der Waals surface area contributed by atoms with Crippen molar-refractivity contribution in [2.75, 3.05) is 28.4 Å². The van der Waals surface area contributed by atoms with E-state index in [1.807, 2.05) is 0 Å². The topological polar surface area (TPSA) is 139 Å². The fourth-order valence-electron chi connectivity index (χ4n) is 1.61. The molecular weight excluding hydrogens is 456 g/mol. The smallest absolute Gasteiger partial charge is 0.319 e. The van der Waals surface area contributed by atoms with Crippen LogP contribution in [0.2, 0.25) is 0 Å². The van der Waals surface area contributed by atoms with E-state index in [0.29, 0.717) is 0 Å². The van der Waals surface area contributed by atoms with Crippen LogP contribution in [0.1, 0.15) is 34.1 Å². The van der Waals surface area contributed by atoms with E-state index in [-0.39, 0.29) is 23.0 Å². The first-order valence-corrected chi connectivity index (χ1v) is 9.16. The third-order valence-electron chi connectivity index (χ3n) is 3.11. The summed E-state index contributed by atoms with van der Waals surface area (Å²) in [6.07, 6.45) is -0.115. The van der Waals surface area contributed by atoms with E-state index >= 15 is 0 Å². The molecule has 11 heteroatoms. The molecule has 10 nitrogen and oxygen atoms in total. The number of ether oxygens (including phenoxy) is 4. The molecule has 0 aliphatic rings. The van der Waals surface area contributed by atoms with Crippen molar-refractivity contribution >= 4 is 51.4 Å². The molecule has 0 N–H and O–H groups in total. The normalized spacial score (nSPS) is 12.2. The van der Waals surface area contributed by atoms with Gasteiger partial charge in [0.1, 0.15) is 28.7 Å². The lowest BCUT2D eigenvalue weighted by molar-refractivity contribution is -0.159. The predicted octanol–water partition coefficient (Wildman–Crippen LogP) is 1.25. The monoisotopic (exact) mass is 484 g/mol. The molecule has 0 fully saturated rings. The first kappa shape index (κ1) is 31.4. The van der Waals surface area contributed by atoms with Crippen LogP contribution in [0.5, 0.6) is 0 Å². The highest BCUT2D eigenvalue weighted by Crippen LogP contribution is 2.16. The maximum absolute atomic E-state index is 11.2. The molecular formula is C18H29BrO10. The van der Waals surface area contributed by atoms with Gasteiger partial charge in [-0.1, -0.05) is 22.9 Å². The van der Waals surface area contributed by atoms with E-state index in [0.717, 1.165) is 0 Å². The second kappa shape index (κ2) is 17.8. The van der Waals surface area contributed by atoms with Crippen LogP contribution in [0.3, 0.4) is 0 Å². The quantitative estimate of drug-likeness (QED) is 0.224. The standard InChI is InChI=1S/C9H14O5.C5H8O3.C4H7BrO2/c1-5(8(11)13-3)7(6(2)10)9(12)14-4;1-4(6)3-5(7)8-2;1-3(5)4(6)7-2/h5,7H,1-4H3;3H2,1-2H3;3H,1-2H3. The van der Waals surface area contributed by atoms with Crippen molar-refractivity contribution in [2.45, 2.75) is 38.9 Å². The number of Topliss-reactive ketones (excluding diaryl/α,β-unsaturated/α-hetero) is 2. The molecule has 0 aliphatic carbocycles. The second-order valence-corrected chi connectivity index (χ2v) is 6.89. The summed E-state index contributed by atoms with van der Waals surface area (Å²) in [4.78, 5) is 63.7. The number of carbonyl (C=O) groups excluding carboxylic acids is 6. The molecule has 29 heavy (non-hydrogen) atoms. The number of hydrogen-bond donors (Lipinski definition) is 0. The fourth-order valence-corrected chi connectivity index (χ4v) is 1.80. The van der Waals surface area contributed by atoms with E-state index in [9.17, 15) is 28.8 Å².